The molecule has 0 atom stereocenters. The Hall–Kier alpha value is -2.05. The number of methoxy groups -OCH3 is 1. The van der Waals surface area contributed by atoms with Crippen LogP contribution in [0.3, 0.4) is 0 Å². The van der Waals surface area contributed by atoms with Crippen LogP contribution in [0.5, 0.6) is 5.75 Å². The fourth-order valence-electron chi connectivity index (χ4n) is 1.15. The second-order valence-corrected chi connectivity index (χ2v) is 2.88. The van der Waals surface area contributed by atoms with Crippen molar-refractivity contribution < 1.29 is 32.2 Å². The first-order valence-electron chi connectivity index (χ1n) is 4.31. The number of hydrogen-bond donors (Lipinski definition) is 0. The average Bonchev–Trinajstić information content (AvgIpc) is 2.26. The van der Waals surface area contributed by atoms with Gasteiger partial charge in [-0.05, 0) is 12.1 Å². The van der Waals surface area contributed by atoms with Crippen LogP contribution in [0.2, 0.25) is 0 Å². The summed E-state index contributed by atoms with van der Waals surface area (Å²) >= 11 is 0. The van der Waals surface area contributed by atoms with E-state index in [0.717, 1.165) is 19.2 Å². The summed E-state index contributed by atoms with van der Waals surface area (Å²) in [5, 5.41) is 0. The molecule has 0 aliphatic heterocycles. The maximum Gasteiger partial charge on any atom is 0.573 e. The van der Waals surface area contributed by atoms with E-state index in [9.17, 15) is 22.8 Å². The average molecular weight is 248 g/mol. The number of ether oxygens (including phenoxy) is 2. The lowest BCUT2D eigenvalue weighted by molar-refractivity contribution is -0.274. The van der Waals surface area contributed by atoms with Crippen molar-refractivity contribution >= 4 is 12.3 Å². The maximum atomic E-state index is 12.1. The Labute approximate surface area is 93.9 Å². The standard InChI is InChI=1S/C10H7F3O4/c1-16-9(15)7-4-2-3-6(5-14)8(7)17-10(11,12)13/h2-5H,1H3. The van der Waals surface area contributed by atoms with Crippen molar-refractivity contribution in [3.63, 3.8) is 0 Å². The molecule has 1 aromatic carbocycles. The molecule has 0 fully saturated rings. The molecule has 0 amide bonds. The molecule has 0 unspecified atom stereocenters. The van der Waals surface area contributed by atoms with Crippen molar-refractivity contribution in [2.75, 3.05) is 7.11 Å². The highest BCUT2D eigenvalue weighted by Crippen LogP contribution is 2.29. The lowest BCUT2D eigenvalue weighted by Crippen LogP contribution is -2.20. The normalized spacial score (nSPS) is 10.8. The second kappa shape index (κ2) is 4.86. The van der Waals surface area contributed by atoms with Crippen LogP contribution >= 0.6 is 0 Å². The molecule has 0 spiro atoms. The van der Waals surface area contributed by atoms with Gasteiger partial charge in [0, 0.05) is 0 Å². The van der Waals surface area contributed by atoms with Crippen molar-refractivity contribution in [1.82, 2.24) is 0 Å². The fourth-order valence-corrected chi connectivity index (χ4v) is 1.15. The van der Waals surface area contributed by atoms with Gasteiger partial charge in [0.2, 0.25) is 0 Å². The van der Waals surface area contributed by atoms with E-state index in [-0.39, 0.29) is 11.8 Å². The largest absolute Gasteiger partial charge is 0.573 e. The molecular formula is C10H7F3O4. The van der Waals surface area contributed by atoms with Crippen molar-refractivity contribution in [3.05, 3.63) is 29.3 Å². The van der Waals surface area contributed by atoms with Gasteiger partial charge >= 0.3 is 12.3 Å². The lowest BCUT2D eigenvalue weighted by atomic mass is 10.1. The number of rotatable bonds is 3. The highest BCUT2D eigenvalue weighted by Gasteiger charge is 2.34. The van der Waals surface area contributed by atoms with E-state index in [0.29, 0.717) is 0 Å². The lowest BCUT2D eigenvalue weighted by Gasteiger charge is -2.13. The van der Waals surface area contributed by atoms with E-state index < -0.39 is 23.6 Å². The first-order chi connectivity index (χ1) is 7.89. The Morgan fingerprint density at radius 3 is 2.47 bits per heavy atom. The molecule has 1 aromatic rings. The van der Waals surface area contributed by atoms with E-state index in [1.54, 1.807) is 0 Å². The van der Waals surface area contributed by atoms with Crippen LogP contribution in [0.25, 0.3) is 0 Å². The molecule has 0 bridgehead atoms. The molecule has 0 aromatic heterocycles. The third-order valence-electron chi connectivity index (χ3n) is 1.80. The van der Waals surface area contributed by atoms with Crippen molar-refractivity contribution in [2.45, 2.75) is 6.36 Å². The highest BCUT2D eigenvalue weighted by molar-refractivity contribution is 5.96. The number of para-hydroxylation sites is 1. The van der Waals surface area contributed by atoms with Gasteiger partial charge in [-0.25, -0.2) is 4.79 Å². The molecule has 0 aliphatic carbocycles. The number of carbonyl (C=O) groups excluding carboxylic acids is 2. The Bertz CT molecular complexity index is 440. The molecule has 0 N–H and O–H groups in total. The SMILES string of the molecule is COC(=O)c1cccc(C=O)c1OC(F)(F)F. The number of esters is 1. The predicted molar refractivity (Wildman–Crippen MR) is 49.9 cm³/mol. The number of halogens is 3. The summed E-state index contributed by atoms with van der Waals surface area (Å²) in [4.78, 5) is 21.8. The summed E-state index contributed by atoms with van der Waals surface area (Å²) in [5.74, 6) is -1.88. The first-order valence-corrected chi connectivity index (χ1v) is 4.31. The quantitative estimate of drug-likeness (QED) is 0.607. The van der Waals surface area contributed by atoms with E-state index in [2.05, 4.69) is 9.47 Å². The van der Waals surface area contributed by atoms with Gasteiger partial charge in [0.25, 0.3) is 0 Å². The van der Waals surface area contributed by atoms with E-state index in [1.165, 1.54) is 6.07 Å². The number of alkyl halides is 3. The topological polar surface area (TPSA) is 52.6 Å². The Morgan fingerprint density at radius 2 is 2.00 bits per heavy atom. The zero-order chi connectivity index (χ0) is 13.1. The van der Waals surface area contributed by atoms with Crippen molar-refractivity contribution in [2.24, 2.45) is 0 Å². The van der Waals surface area contributed by atoms with E-state index >= 15 is 0 Å². The van der Waals surface area contributed by atoms with Crippen LogP contribution in [0, 0.1) is 0 Å². The maximum absolute atomic E-state index is 12.1. The Balaban J connectivity index is 3.30. The summed E-state index contributed by atoms with van der Waals surface area (Å²) < 4.78 is 44.3. The van der Waals surface area contributed by atoms with Crippen LogP contribution in [0.4, 0.5) is 13.2 Å². The fraction of sp³-hybridized carbons (Fsp3) is 0.200. The van der Waals surface area contributed by atoms with Gasteiger partial charge < -0.3 is 9.47 Å². The van der Waals surface area contributed by atoms with Crippen molar-refractivity contribution in [3.8, 4) is 5.75 Å². The van der Waals surface area contributed by atoms with Crippen LogP contribution in [-0.2, 0) is 4.74 Å². The molecule has 0 heterocycles. The van der Waals surface area contributed by atoms with Gasteiger partial charge in [-0.1, -0.05) is 6.07 Å². The zero-order valence-electron chi connectivity index (χ0n) is 8.58. The molecule has 7 heteroatoms. The second-order valence-electron chi connectivity index (χ2n) is 2.88. The molecule has 0 aliphatic rings. The number of hydrogen-bond acceptors (Lipinski definition) is 4. The monoisotopic (exact) mass is 248 g/mol. The van der Waals surface area contributed by atoms with Gasteiger partial charge in [-0.15, -0.1) is 13.2 Å². The predicted octanol–water partition coefficient (Wildman–Crippen LogP) is 2.18. The minimum atomic E-state index is -5.00. The van der Waals surface area contributed by atoms with Crippen LogP contribution in [0.15, 0.2) is 18.2 Å². The molecular weight excluding hydrogens is 241 g/mol. The van der Waals surface area contributed by atoms with Gasteiger partial charge in [-0.2, -0.15) is 0 Å². The third kappa shape index (κ3) is 3.20. The minimum absolute atomic E-state index is 0.160. The minimum Gasteiger partial charge on any atom is -0.465 e. The summed E-state index contributed by atoms with van der Waals surface area (Å²) in [6, 6.07) is 3.42. The van der Waals surface area contributed by atoms with Crippen molar-refractivity contribution in [1.29, 1.82) is 0 Å². The van der Waals surface area contributed by atoms with Crippen LogP contribution in [-0.4, -0.2) is 25.7 Å². The van der Waals surface area contributed by atoms with Gasteiger partial charge in [0.15, 0.2) is 12.0 Å². The smallest absolute Gasteiger partial charge is 0.465 e. The van der Waals surface area contributed by atoms with E-state index in [1.807, 2.05) is 0 Å². The molecule has 0 saturated carbocycles. The number of benzene rings is 1. The molecule has 0 saturated heterocycles. The zero-order valence-corrected chi connectivity index (χ0v) is 8.58. The van der Waals surface area contributed by atoms with E-state index in [4.69, 9.17) is 0 Å². The number of carbonyl (C=O) groups is 2. The molecule has 17 heavy (non-hydrogen) atoms. The third-order valence-corrected chi connectivity index (χ3v) is 1.80. The molecule has 0 radical (unpaired) electrons. The van der Waals surface area contributed by atoms with Gasteiger partial charge in [0.05, 0.1) is 12.7 Å². The van der Waals surface area contributed by atoms with Crippen LogP contribution in [0.1, 0.15) is 20.7 Å². The summed E-state index contributed by atoms with van der Waals surface area (Å²) in [7, 11) is 1.01. The molecule has 4 nitrogen and oxygen atoms in total. The Morgan fingerprint density at radius 1 is 1.35 bits per heavy atom. The summed E-state index contributed by atoms with van der Waals surface area (Å²) in [6.45, 7) is 0. The first kappa shape index (κ1) is 13.0. The summed E-state index contributed by atoms with van der Waals surface area (Å²) in [5.41, 5.74) is -0.848. The van der Waals surface area contributed by atoms with Gasteiger partial charge in [-0.3, -0.25) is 4.79 Å². The molecule has 1 rings (SSSR count). The van der Waals surface area contributed by atoms with Crippen LogP contribution < -0.4 is 4.74 Å². The number of aldehydes is 1. The Kier molecular flexibility index (Phi) is 3.72. The summed E-state index contributed by atoms with van der Waals surface area (Å²) in [6.07, 6.45) is -4.84. The van der Waals surface area contributed by atoms with Gasteiger partial charge in [0.1, 0.15) is 5.56 Å². The highest BCUT2D eigenvalue weighted by atomic mass is 19.4. The molecule has 92 valence electrons.